The van der Waals surface area contributed by atoms with Crippen LogP contribution in [0, 0.1) is 17.3 Å². The van der Waals surface area contributed by atoms with E-state index in [-0.39, 0.29) is 29.2 Å². The molecule has 0 aliphatic carbocycles. The Kier molecular flexibility index (Phi) is 6.47. The topological polar surface area (TPSA) is 38.3 Å². The third-order valence-corrected chi connectivity index (χ3v) is 7.26. The van der Waals surface area contributed by atoms with Gasteiger partial charge in [-0.2, -0.15) is 0 Å². The van der Waals surface area contributed by atoms with Crippen molar-refractivity contribution >= 4 is 32.0 Å². The molecule has 0 bridgehead atoms. The lowest BCUT2D eigenvalue weighted by Gasteiger charge is -2.55. The molecule has 1 aliphatic heterocycles. The predicted molar refractivity (Wildman–Crippen MR) is 115 cm³/mol. The number of carbonyl (C=O) groups excluding carboxylic acids is 1. The molecule has 1 fully saturated rings. The average Bonchev–Trinajstić information content (AvgIpc) is 2.50. The molecule has 1 N–H and O–H groups in total. The number of amides is 1. The molecular weight excluding hydrogens is 358 g/mol. The monoisotopic (exact) mass is 391 g/mol. The van der Waals surface area contributed by atoms with Crippen molar-refractivity contribution in [2.45, 2.75) is 65.8 Å². The van der Waals surface area contributed by atoms with E-state index in [4.69, 9.17) is 16.6 Å². The highest BCUT2D eigenvalue weighted by atomic mass is 32.1. The van der Waals surface area contributed by atoms with Gasteiger partial charge in [-0.1, -0.05) is 70.2 Å². The Labute approximate surface area is 165 Å². The van der Waals surface area contributed by atoms with E-state index < -0.39 is 14.6 Å². The minimum atomic E-state index is -1.31. The molecule has 1 aromatic rings. The third-order valence-electron chi connectivity index (χ3n) is 5.78. The maximum atomic E-state index is 12.6. The molecule has 0 spiro atoms. The lowest BCUT2D eigenvalue weighted by Crippen LogP contribution is -2.72. The van der Waals surface area contributed by atoms with E-state index >= 15 is 0 Å². The summed E-state index contributed by atoms with van der Waals surface area (Å²) < 4.78 is 6.49. The molecule has 26 heavy (non-hydrogen) atoms. The van der Waals surface area contributed by atoms with Gasteiger partial charge in [0, 0.05) is 17.2 Å². The molecule has 144 valence electrons. The zero-order chi connectivity index (χ0) is 19.7. The lowest BCUT2D eigenvalue weighted by molar-refractivity contribution is -0.160. The number of benzene rings is 1. The number of hydrogen-bond acceptors (Lipinski definition) is 3. The van der Waals surface area contributed by atoms with Crippen molar-refractivity contribution in [3.63, 3.8) is 0 Å². The third kappa shape index (κ3) is 4.26. The number of carbonyl (C=O) groups is 1. The highest BCUT2D eigenvalue weighted by molar-refractivity contribution is 7.80. The van der Waals surface area contributed by atoms with Crippen molar-refractivity contribution in [1.82, 2.24) is 5.32 Å². The van der Waals surface area contributed by atoms with Gasteiger partial charge in [0.1, 0.15) is 0 Å². The fourth-order valence-corrected chi connectivity index (χ4v) is 5.57. The van der Waals surface area contributed by atoms with Crippen LogP contribution >= 0.6 is 12.2 Å². The van der Waals surface area contributed by atoms with Gasteiger partial charge in [-0.15, -0.1) is 0 Å². The molecule has 0 aromatic heterocycles. The molecule has 0 radical (unpaired) electrons. The summed E-state index contributed by atoms with van der Waals surface area (Å²) in [6.07, 6.45) is 0.766. The van der Waals surface area contributed by atoms with Crippen molar-refractivity contribution < 1.29 is 9.22 Å². The van der Waals surface area contributed by atoms with E-state index in [9.17, 15) is 4.79 Å². The fourth-order valence-electron chi connectivity index (χ4n) is 3.78. The normalized spacial score (nSPS) is 23.8. The minimum absolute atomic E-state index is 0.0377. The Hall–Kier alpha value is -1.04. The molecule has 0 unspecified atom stereocenters. The summed E-state index contributed by atoms with van der Waals surface area (Å²) in [5, 5.41) is 3.12. The van der Waals surface area contributed by atoms with E-state index in [2.05, 4.69) is 65.2 Å². The molecule has 3 nitrogen and oxygen atoms in total. The zero-order valence-corrected chi connectivity index (χ0v) is 19.1. The van der Waals surface area contributed by atoms with E-state index in [0.717, 1.165) is 11.3 Å². The second kappa shape index (κ2) is 7.91. The van der Waals surface area contributed by atoms with Crippen molar-refractivity contribution in [3.8, 4) is 0 Å². The number of thiocarbonyl (C=S) groups is 1. The Bertz CT molecular complexity index is 656. The van der Waals surface area contributed by atoms with Gasteiger partial charge in [0.05, 0.1) is 17.6 Å². The van der Waals surface area contributed by atoms with Gasteiger partial charge in [-0.3, -0.25) is 4.79 Å². The van der Waals surface area contributed by atoms with Crippen LogP contribution in [0.1, 0.15) is 40.2 Å². The van der Waals surface area contributed by atoms with Crippen LogP contribution in [0.25, 0.3) is 0 Å². The van der Waals surface area contributed by atoms with Gasteiger partial charge in [0.2, 0.25) is 5.91 Å². The minimum Gasteiger partial charge on any atom is -0.414 e. The summed E-state index contributed by atoms with van der Waals surface area (Å²) in [6, 6.07) is 10.3. The molecule has 5 heteroatoms. The van der Waals surface area contributed by atoms with Gasteiger partial charge < -0.3 is 9.74 Å². The van der Waals surface area contributed by atoms with Gasteiger partial charge in [0.15, 0.2) is 9.04 Å². The van der Waals surface area contributed by atoms with Crippen LogP contribution in [0.15, 0.2) is 30.3 Å². The maximum Gasteiger partial charge on any atom is 0.228 e. The number of hydrogen-bond donors (Lipinski definition) is 1. The average molecular weight is 392 g/mol. The van der Waals surface area contributed by atoms with E-state index in [0.29, 0.717) is 0 Å². The molecule has 1 aliphatic rings. The maximum absolute atomic E-state index is 12.6. The summed E-state index contributed by atoms with van der Waals surface area (Å²) in [7, 11) is -1.31. The van der Waals surface area contributed by atoms with E-state index in [1.807, 2.05) is 18.2 Å². The van der Waals surface area contributed by atoms with Gasteiger partial charge >= 0.3 is 0 Å². The molecular formula is C21H33NO2SSi. The van der Waals surface area contributed by atoms with Crippen LogP contribution in [0.2, 0.25) is 13.1 Å². The first kappa shape index (κ1) is 21.3. The quantitative estimate of drug-likeness (QED) is 0.431. The van der Waals surface area contributed by atoms with E-state index in [1.165, 1.54) is 5.56 Å². The summed E-state index contributed by atoms with van der Waals surface area (Å²) in [5.74, 6) is 0.0598. The Morgan fingerprint density at radius 3 is 2.27 bits per heavy atom. The Morgan fingerprint density at radius 2 is 1.81 bits per heavy atom. The largest absolute Gasteiger partial charge is 0.414 e. The molecule has 1 aromatic carbocycles. The molecule has 1 saturated heterocycles. The second-order valence-corrected chi connectivity index (χ2v) is 11.8. The highest BCUT2D eigenvalue weighted by Crippen LogP contribution is 2.46. The number of rotatable bonds is 7. The Balaban J connectivity index is 2.21. The van der Waals surface area contributed by atoms with Gasteiger partial charge in [-0.05, 0) is 31.0 Å². The second-order valence-electron chi connectivity index (χ2n) is 8.95. The summed E-state index contributed by atoms with van der Waals surface area (Å²) >= 11 is 5.75. The van der Waals surface area contributed by atoms with Gasteiger partial charge in [-0.25, -0.2) is 0 Å². The summed E-state index contributed by atoms with van der Waals surface area (Å²) in [6.45, 7) is 15.1. The molecule has 1 amide bonds. The smallest absolute Gasteiger partial charge is 0.228 e. The standard InChI is InChI=1S/C21H33NO2SSi/c1-14(16(25)13-15-11-9-8-10-12-15)18-17(19(23)22-18)21(5,20(2,3)4)24-26(6)7/h8-12,14,17-18,26H,13H2,1-7H3,(H,22,23)/t14-,17+,18+,21+/m0/s1. The summed E-state index contributed by atoms with van der Waals surface area (Å²) in [5.41, 5.74) is 0.596. The van der Waals surface area contributed by atoms with Crippen molar-refractivity contribution in [1.29, 1.82) is 0 Å². The SMILES string of the molecule is C[C@@H](C(=S)Cc1ccccc1)[C@H]1NC(=O)[C@@H]1[C@@](C)(O[SiH](C)C)C(C)(C)C. The van der Waals surface area contributed by atoms with Crippen LogP contribution in [0.3, 0.4) is 0 Å². The van der Waals surface area contributed by atoms with Crippen molar-refractivity contribution in [2.24, 2.45) is 17.3 Å². The van der Waals surface area contributed by atoms with Crippen LogP contribution in [0.5, 0.6) is 0 Å². The fraction of sp³-hybridized carbons (Fsp3) is 0.619. The van der Waals surface area contributed by atoms with Crippen molar-refractivity contribution in [2.75, 3.05) is 0 Å². The van der Waals surface area contributed by atoms with Crippen LogP contribution in [-0.2, 0) is 15.6 Å². The zero-order valence-electron chi connectivity index (χ0n) is 17.1. The number of β-lactam (4-membered cyclic amide) rings is 1. The molecule has 4 atom stereocenters. The van der Waals surface area contributed by atoms with Crippen LogP contribution < -0.4 is 5.32 Å². The van der Waals surface area contributed by atoms with Crippen LogP contribution in [0.4, 0.5) is 0 Å². The summed E-state index contributed by atoms with van der Waals surface area (Å²) in [4.78, 5) is 13.6. The molecule has 1 heterocycles. The first-order valence-corrected chi connectivity index (χ1v) is 12.7. The van der Waals surface area contributed by atoms with Crippen molar-refractivity contribution in [3.05, 3.63) is 35.9 Å². The first-order valence-electron chi connectivity index (χ1n) is 9.52. The molecule has 0 saturated carbocycles. The molecule has 2 rings (SSSR count). The number of nitrogens with one attached hydrogen (secondary N) is 1. The highest BCUT2D eigenvalue weighted by Gasteiger charge is 2.58. The first-order chi connectivity index (χ1) is 12.0. The lowest BCUT2D eigenvalue weighted by atomic mass is 9.62. The van der Waals surface area contributed by atoms with Crippen LogP contribution in [-0.4, -0.2) is 31.5 Å². The van der Waals surface area contributed by atoms with Gasteiger partial charge in [0.25, 0.3) is 0 Å². The predicted octanol–water partition coefficient (Wildman–Crippen LogP) is 4.15. The van der Waals surface area contributed by atoms with E-state index in [1.54, 1.807) is 0 Å². The Morgan fingerprint density at radius 1 is 1.23 bits per heavy atom.